The summed E-state index contributed by atoms with van der Waals surface area (Å²) in [5.74, 6) is 2.16. The van der Waals surface area contributed by atoms with Gasteiger partial charge in [-0.15, -0.1) is 0 Å². The third-order valence-corrected chi connectivity index (χ3v) is 3.69. The molecule has 1 N–H and O–H groups in total. The molecule has 0 aliphatic rings. The lowest BCUT2D eigenvalue weighted by atomic mass is 10.2. The second kappa shape index (κ2) is 9.54. The number of rotatable bonds is 9. The smallest absolute Gasteiger partial charge is 0.123 e. The molecule has 0 atom stereocenters. The molecule has 0 amide bonds. The summed E-state index contributed by atoms with van der Waals surface area (Å²) in [6, 6.07) is 5.73. The van der Waals surface area contributed by atoms with Gasteiger partial charge in [0.25, 0.3) is 0 Å². The van der Waals surface area contributed by atoms with Crippen molar-refractivity contribution in [1.29, 1.82) is 0 Å². The van der Waals surface area contributed by atoms with Crippen LogP contribution >= 0.6 is 23.4 Å². The highest BCUT2D eigenvalue weighted by Crippen LogP contribution is 2.22. The Morgan fingerprint density at radius 3 is 2.83 bits per heavy atom. The summed E-state index contributed by atoms with van der Waals surface area (Å²) in [5.41, 5.74) is 1.12. The lowest BCUT2D eigenvalue weighted by Gasteiger charge is -2.10. The van der Waals surface area contributed by atoms with Gasteiger partial charge in [0, 0.05) is 17.1 Å². The fraction of sp³-hybridized carbons (Fsp3) is 0.571. The second-order valence-electron chi connectivity index (χ2n) is 4.19. The van der Waals surface area contributed by atoms with Gasteiger partial charge >= 0.3 is 0 Å². The number of benzene rings is 1. The van der Waals surface area contributed by atoms with Crippen molar-refractivity contribution in [3.05, 3.63) is 28.8 Å². The van der Waals surface area contributed by atoms with Crippen LogP contribution in [-0.4, -0.2) is 25.7 Å². The summed E-state index contributed by atoms with van der Waals surface area (Å²) in [7, 11) is 1.69. The Hall–Kier alpha value is -0.380. The highest BCUT2D eigenvalue weighted by Gasteiger charge is 2.03. The maximum absolute atomic E-state index is 5.99. The van der Waals surface area contributed by atoms with E-state index >= 15 is 0 Å². The Labute approximate surface area is 119 Å². The Kier molecular flexibility index (Phi) is 8.31. The zero-order chi connectivity index (χ0) is 13.2. The second-order valence-corrected chi connectivity index (χ2v) is 5.61. The van der Waals surface area contributed by atoms with Crippen LogP contribution in [-0.2, 0) is 6.54 Å². The van der Waals surface area contributed by atoms with Crippen molar-refractivity contribution >= 4 is 23.4 Å². The topological polar surface area (TPSA) is 21.3 Å². The summed E-state index contributed by atoms with van der Waals surface area (Å²) < 4.78 is 5.31. The quantitative estimate of drug-likeness (QED) is 0.695. The molecule has 0 fully saturated rings. The molecule has 4 heteroatoms. The van der Waals surface area contributed by atoms with E-state index in [1.54, 1.807) is 7.11 Å². The Bertz CT molecular complexity index is 347. The molecule has 0 saturated carbocycles. The van der Waals surface area contributed by atoms with Gasteiger partial charge in [0.1, 0.15) is 5.75 Å². The molecule has 1 aromatic carbocycles. The maximum atomic E-state index is 5.99. The number of hydrogen-bond donors (Lipinski definition) is 1. The Balaban J connectivity index is 2.24. The van der Waals surface area contributed by atoms with Crippen molar-refractivity contribution in [2.75, 3.05) is 25.7 Å². The first-order chi connectivity index (χ1) is 8.77. The number of halogens is 1. The summed E-state index contributed by atoms with van der Waals surface area (Å²) in [5, 5.41) is 4.19. The van der Waals surface area contributed by atoms with E-state index in [0.717, 1.165) is 29.4 Å². The molecule has 18 heavy (non-hydrogen) atoms. The van der Waals surface area contributed by atoms with E-state index in [9.17, 15) is 0 Å². The van der Waals surface area contributed by atoms with Crippen LogP contribution in [0.4, 0.5) is 0 Å². The molecule has 2 nitrogen and oxygen atoms in total. The van der Waals surface area contributed by atoms with Crippen LogP contribution in [0.1, 0.15) is 24.8 Å². The zero-order valence-electron chi connectivity index (χ0n) is 11.2. The normalized spacial score (nSPS) is 10.6. The first kappa shape index (κ1) is 15.7. The molecular formula is C14H22ClNOS. The molecule has 0 aliphatic heterocycles. The molecule has 0 bridgehead atoms. The van der Waals surface area contributed by atoms with Crippen LogP contribution in [0.15, 0.2) is 18.2 Å². The average molecular weight is 288 g/mol. The number of ether oxygens (including phenoxy) is 1. The molecule has 0 unspecified atom stereocenters. The van der Waals surface area contributed by atoms with Crippen LogP contribution in [0.2, 0.25) is 5.02 Å². The van der Waals surface area contributed by atoms with Crippen LogP contribution < -0.4 is 10.1 Å². The summed E-state index contributed by atoms with van der Waals surface area (Å²) in [6.07, 6.45) is 5.98. The minimum atomic E-state index is 0.757. The molecule has 0 aliphatic carbocycles. The van der Waals surface area contributed by atoms with Gasteiger partial charge in [0.15, 0.2) is 0 Å². The number of methoxy groups -OCH3 is 1. The van der Waals surface area contributed by atoms with Gasteiger partial charge in [-0.05, 0) is 49.6 Å². The van der Waals surface area contributed by atoms with Crippen LogP contribution in [0.5, 0.6) is 5.75 Å². The van der Waals surface area contributed by atoms with Crippen LogP contribution in [0.3, 0.4) is 0 Å². The van der Waals surface area contributed by atoms with E-state index in [1.807, 2.05) is 30.0 Å². The number of thioether (sulfide) groups is 1. The van der Waals surface area contributed by atoms with Crippen molar-refractivity contribution < 1.29 is 4.74 Å². The van der Waals surface area contributed by atoms with Crippen LogP contribution in [0, 0.1) is 0 Å². The van der Waals surface area contributed by atoms with Crippen molar-refractivity contribution in [1.82, 2.24) is 5.32 Å². The predicted molar refractivity (Wildman–Crippen MR) is 81.9 cm³/mol. The van der Waals surface area contributed by atoms with Gasteiger partial charge in [-0.1, -0.05) is 18.0 Å². The lowest BCUT2D eigenvalue weighted by Crippen LogP contribution is -2.15. The SMILES string of the molecule is COc1ccc(Cl)cc1CNCCCCCSC. The molecule has 102 valence electrons. The van der Waals surface area contributed by atoms with Crippen molar-refractivity contribution in [2.24, 2.45) is 0 Å². The summed E-state index contributed by atoms with van der Waals surface area (Å²) in [6.45, 7) is 1.86. The number of hydrogen-bond acceptors (Lipinski definition) is 3. The van der Waals surface area contributed by atoms with Crippen LogP contribution in [0.25, 0.3) is 0 Å². The van der Waals surface area contributed by atoms with Gasteiger partial charge < -0.3 is 10.1 Å². The van der Waals surface area contributed by atoms with E-state index in [4.69, 9.17) is 16.3 Å². The monoisotopic (exact) mass is 287 g/mol. The molecule has 0 aromatic heterocycles. The van der Waals surface area contributed by atoms with Gasteiger partial charge in [-0.3, -0.25) is 0 Å². The Morgan fingerprint density at radius 2 is 2.11 bits per heavy atom. The van der Waals surface area contributed by atoms with Crippen molar-refractivity contribution in [3.8, 4) is 5.75 Å². The van der Waals surface area contributed by atoms with E-state index in [2.05, 4.69) is 11.6 Å². The van der Waals surface area contributed by atoms with Gasteiger partial charge in [0.05, 0.1) is 7.11 Å². The van der Waals surface area contributed by atoms with E-state index in [1.165, 1.54) is 25.0 Å². The van der Waals surface area contributed by atoms with Crippen molar-refractivity contribution in [3.63, 3.8) is 0 Å². The number of unbranched alkanes of at least 4 members (excludes halogenated alkanes) is 2. The predicted octanol–water partition coefficient (Wildman–Crippen LogP) is 3.97. The van der Waals surface area contributed by atoms with Gasteiger partial charge in [-0.25, -0.2) is 0 Å². The summed E-state index contributed by atoms with van der Waals surface area (Å²) in [4.78, 5) is 0. The maximum Gasteiger partial charge on any atom is 0.123 e. The Morgan fingerprint density at radius 1 is 1.28 bits per heavy atom. The fourth-order valence-corrected chi connectivity index (χ4v) is 2.47. The van der Waals surface area contributed by atoms with Crippen molar-refractivity contribution in [2.45, 2.75) is 25.8 Å². The third kappa shape index (κ3) is 5.98. The number of nitrogens with one attached hydrogen (secondary N) is 1. The first-order valence-corrected chi connectivity index (χ1v) is 8.07. The standard InChI is InChI=1S/C14H22ClNOS/c1-17-14-7-6-13(15)10-12(14)11-16-8-4-3-5-9-18-2/h6-7,10,16H,3-5,8-9,11H2,1-2H3. The highest BCUT2D eigenvalue weighted by atomic mass is 35.5. The van der Waals surface area contributed by atoms with E-state index in [0.29, 0.717) is 0 Å². The average Bonchev–Trinajstić information content (AvgIpc) is 2.38. The minimum Gasteiger partial charge on any atom is -0.496 e. The minimum absolute atomic E-state index is 0.757. The first-order valence-electron chi connectivity index (χ1n) is 6.30. The third-order valence-electron chi connectivity index (χ3n) is 2.76. The summed E-state index contributed by atoms with van der Waals surface area (Å²) >= 11 is 7.90. The molecule has 1 rings (SSSR count). The van der Waals surface area contributed by atoms with Gasteiger partial charge in [0.2, 0.25) is 0 Å². The molecule has 0 radical (unpaired) electrons. The van der Waals surface area contributed by atoms with Gasteiger partial charge in [-0.2, -0.15) is 11.8 Å². The fourth-order valence-electron chi connectivity index (χ4n) is 1.78. The lowest BCUT2D eigenvalue weighted by molar-refractivity contribution is 0.407. The highest BCUT2D eigenvalue weighted by molar-refractivity contribution is 7.98. The molecule has 0 spiro atoms. The molecule has 0 saturated heterocycles. The van der Waals surface area contributed by atoms with E-state index in [-0.39, 0.29) is 0 Å². The zero-order valence-corrected chi connectivity index (χ0v) is 12.7. The molecule has 0 heterocycles. The molecule has 1 aromatic rings. The molecular weight excluding hydrogens is 266 g/mol. The largest absolute Gasteiger partial charge is 0.496 e. The van der Waals surface area contributed by atoms with E-state index < -0.39 is 0 Å².